The van der Waals surface area contributed by atoms with Crippen LogP contribution in [0.15, 0.2) is 0 Å². The van der Waals surface area contributed by atoms with Crippen LogP contribution in [0.3, 0.4) is 0 Å². The SMILES string of the molecule is CC1(C)CC(OS(=O)(=O)OC2CC(C)(C)[N+](C)([O-])C(C)(C)C2)CC(C)(C)[NH+]1[O-]. The van der Waals surface area contributed by atoms with Crippen molar-refractivity contribution in [2.75, 3.05) is 7.05 Å². The van der Waals surface area contributed by atoms with Crippen LogP contribution in [-0.2, 0) is 18.8 Å². The van der Waals surface area contributed by atoms with Crippen molar-refractivity contribution in [1.29, 1.82) is 0 Å². The predicted molar refractivity (Wildman–Crippen MR) is 107 cm³/mol. The fourth-order valence-corrected chi connectivity index (χ4v) is 6.14. The summed E-state index contributed by atoms with van der Waals surface area (Å²) in [5.41, 5.74) is -2.69. The molecule has 2 saturated heterocycles. The molecule has 0 radical (unpaired) electrons. The maximum Gasteiger partial charge on any atom is 0.400 e. The van der Waals surface area contributed by atoms with Gasteiger partial charge in [0.15, 0.2) is 0 Å². The van der Waals surface area contributed by atoms with E-state index in [0.29, 0.717) is 25.7 Å². The first kappa shape index (κ1) is 24.0. The van der Waals surface area contributed by atoms with Gasteiger partial charge in [-0.3, -0.25) is 0 Å². The minimum atomic E-state index is -4.26. The van der Waals surface area contributed by atoms with Gasteiger partial charge in [0.1, 0.15) is 0 Å². The quantitative estimate of drug-likeness (QED) is 0.549. The summed E-state index contributed by atoms with van der Waals surface area (Å²) < 4.78 is 35.6. The summed E-state index contributed by atoms with van der Waals surface area (Å²) in [7, 11) is -2.63. The van der Waals surface area contributed by atoms with Gasteiger partial charge in [-0.25, -0.2) is 8.37 Å². The highest BCUT2D eigenvalue weighted by atomic mass is 32.3. The van der Waals surface area contributed by atoms with Crippen molar-refractivity contribution in [2.45, 2.75) is 115 Å². The molecule has 0 aromatic carbocycles. The van der Waals surface area contributed by atoms with Gasteiger partial charge in [0.25, 0.3) is 0 Å². The Bertz CT molecular complexity index is 661. The van der Waals surface area contributed by atoms with Gasteiger partial charge in [0.05, 0.1) is 41.4 Å². The van der Waals surface area contributed by atoms with E-state index < -0.39 is 49.4 Å². The molecule has 2 heterocycles. The van der Waals surface area contributed by atoms with Gasteiger partial charge >= 0.3 is 10.4 Å². The van der Waals surface area contributed by atoms with Crippen LogP contribution in [0.4, 0.5) is 0 Å². The maximum atomic E-state index is 13.1. The molecule has 1 N–H and O–H groups in total. The number of hydrogen-bond acceptors (Lipinski definition) is 6. The second-order valence-corrected chi connectivity index (χ2v) is 12.5. The van der Waals surface area contributed by atoms with Crippen LogP contribution in [0.1, 0.15) is 81.1 Å². The van der Waals surface area contributed by atoms with Crippen molar-refractivity contribution in [3.8, 4) is 0 Å². The molecule has 0 atom stereocenters. The fourth-order valence-electron chi connectivity index (χ4n) is 5.16. The van der Waals surface area contributed by atoms with Gasteiger partial charge in [0.2, 0.25) is 0 Å². The molecule has 0 spiro atoms. The number of hydrogen-bond donors (Lipinski definition) is 1. The van der Waals surface area contributed by atoms with Crippen LogP contribution >= 0.6 is 0 Å². The monoisotopic (exact) mass is 422 g/mol. The molecule has 0 aliphatic carbocycles. The average molecular weight is 423 g/mol. The average Bonchev–Trinajstić information content (AvgIpc) is 2.40. The summed E-state index contributed by atoms with van der Waals surface area (Å²) in [5, 5.41) is 25.7. The van der Waals surface area contributed by atoms with E-state index in [9.17, 15) is 18.8 Å². The molecule has 166 valence electrons. The minimum Gasteiger partial charge on any atom is -0.634 e. The topological polar surface area (TPSA) is 103 Å². The smallest absolute Gasteiger partial charge is 0.400 e. The number of quaternary nitrogens is 2. The highest BCUT2D eigenvalue weighted by Crippen LogP contribution is 2.44. The van der Waals surface area contributed by atoms with E-state index in [-0.39, 0.29) is 5.06 Å². The Balaban J connectivity index is 2.13. The lowest BCUT2D eigenvalue weighted by Gasteiger charge is -2.64. The summed E-state index contributed by atoms with van der Waals surface area (Å²) in [5.74, 6) is 0. The Morgan fingerprint density at radius 3 is 1.50 bits per heavy atom. The minimum absolute atomic E-state index is 0.112. The molecule has 2 fully saturated rings. The van der Waals surface area contributed by atoms with Crippen LogP contribution in [-0.4, -0.2) is 54.5 Å². The fraction of sp³-hybridized carbons (Fsp3) is 1.00. The number of hydroxylamine groups is 5. The van der Waals surface area contributed by atoms with E-state index >= 15 is 0 Å². The van der Waals surface area contributed by atoms with Crippen molar-refractivity contribution in [1.82, 2.24) is 0 Å². The molecule has 0 aromatic rings. The molecule has 0 bridgehead atoms. The third-order valence-corrected chi connectivity index (χ3v) is 7.99. The third kappa shape index (κ3) is 4.40. The molecular formula is C19H38N2O6S. The molecule has 2 aliphatic heterocycles. The Hall–Kier alpha value is -0.290. The number of likely N-dealkylation sites (tertiary alicyclic amines) is 1. The zero-order valence-corrected chi connectivity index (χ0v) is 19.6. The second kappa shape index (κ2) is 6.87. The largest absolute Gasteiger partial charge is 0.634 e. The second-order valence-electron chi connectivity index (χ2n) is 11.3. The van der Waals surface area contributed by atoms with Gasteiger partial charge in [-0.15, -0.1) is 0 Å². The molecule has 8 nitrogen and oxygen atoms in total. The van der Waals surface area contributed by atoms with Crippen molar-refractivity contribution in [3.63, 3.8) is 0 Å². The van der Waals surface area contributed by atoms with Gasteiger partial charge < -0.3 is 20.1 Å². The molecule has 2 aliphatic rings. The Kier molecular flexibility index (Phi) is 5.88. The van der Waals surface area contributed by atoms with E-state index in [2.05, 4.69) is 0 Å². The molecule has 9 heteroatoms. The van der Waals surface area contributed by atoms with Crippen molar-refractivity contribution in [3.05, 3.63) is 10.4 Å². The summed E-state index contributed by atoms with van der Waals surface area (Å²) in [6, 6.07) is 0. The molecule has 28 heavy (non-hydrogen) atoms. The van der Waals surface area contributed by atoms with Crippen LogP contribution in [0.2, 0.25) is 0 Å². The van der Waals surface area contributed by atoms with Crippen LogP contribution < -0.4 is 5.06 Å². The molecule has 2 rings (SSSR count). The maximum absolute atomic E-state index is 13.1. The lowest BCUT2D eigenvalue weighted by atomic mass is 9.78. The molecular weight excluding hydrogens is 384 g/mol. The predicted octanol–water partition coefficient (Wildman–Crippen LogP) is 2.03. The summed E-state index contributed by atoms with van der Waals surface area (Å²) in [6.45, 7) is 14.6. The van der Waals surface area contributed by atoms with E-state index in [1.54, 1.807) is 7.05 Å². The zero-order chi connectivity index (χ0) is 22.0. The van der Waals surface area contributed by atoms with Gasteiger partial charge in [-0.2, -0.15) is 8.42 Å². The van der Waals surface area contributed by atoms with E-state index in [1.807, 2.05) is 55.4 Å². The Morgan fingerprint density at radius 2 is 1.14 bits per heavy atom. The van der Waals surface area contributed by atoms with Gasteiger partial charge in [-0.05, 0) is 55.4 Å². The van der Waals surface area contributed by atoms with E-state index in [1.165, 1.54) is 0 Å². The Labute approximate surface area is 170 Å². The molecule has 0 aromatic heterocycles. The lowest BCUT2D eigenvalue weighted by molar-refractivity contribution is -0.962. The van der Waals surface area contributed by atoms with E-state index in [4.69, 9.17) is 8.37 Å². The molecule has 0 saturated carbocycles. The van der Waals surface area contributed by atoms with Crippen molar-refractivity contribution < 1.29 is 26.5 Å². The first-order chi connectivity index (χ1) is 12.2. The van der Waals surface area contributed by atoms with Crippen molar-refractivity contribution in [2.24, 2.45) is 0 Å². The Morgan fingerprint density at radius 1 is 0.821 bits per heavy atom. The normalized spacial score (nSPS) is 39.5. The zero-order valence-electron chi connectivity index (χ0n) is 18.8. The summed E-state index contributed by atoms with van der Waals surface area (Å²) >= 11 is 0. The van der Waals surface area contributed by atoms with Crippen LogP contribution in [0, 0.1) is 10.4 Å². The number of nitrogens with one attached hydrogen (secondary N) is 1. The first-order valence-corrected chi connectivity index (χ1v) is 11.3. The van der Waals surface area contributed by atoms with Crippen LogP contribution in [0.25, 0.3) is 0 Å². The van der Waals surface area contributed by atoms with E-state index in [0.717, 1.165) is 0 Å². The number of nitrogens with zero attached hydrogens (tertiary/aromatic N) is 1. The standard InChI is InChI=1S/C19H38N2O6S/c1-16(2)10-14(11-17(3,4)20(16)22)26-28(24,25)27-15-12-18(5,6)21(9,23)19(7,8)13-15/h14-15,20H,10-13H2,1-9H3. The molecule has 0 unspecified atom stereocenters. The van der Waals surface area contributed by atoms with Gasteiger partial charge in [0, 0.05) is 25.7 Å². The van der Waals surface area contributed by atoms with Gasteiger partial charge in [-0.1, -0.05) is 0 Å². The summed E-state index contributed by atoms with van der Waals surface area (Å²) in [4.78, 5) is 0. The number of piperidine rings is 2. The van der Waals surface area contributed by atoms with Crippen molar-refractivity contribution >= 4 is 10.4 Å². The molecule has 0 amide bonds. The summed E-state index contributed by atoms with van der Waals surface area (Å²) in [6.07, 6.45) is 0.0572. The highest BCUT2D eigenvalue weighted by molar-refractivity contribution is 7.81. The van der Waals surface area contributed by atoms with Crippen LogP contribution in [0.5, 0.6) is 0 Å². The highest BCUT2D eigenvalue weighted by Gasteiger charge is 2.53. The first-order valence-electron chi connectivity index (χ1n) is 9.97. The number of rotatable bonds is 4. The lowest BCUT2D eigenvalue weighted by Crippen LogP contribution is -3.23. The third-order valence-electron chi connectivity index (χ3n) is 6.98.